The molecule has 17 heavy (non-hydrogen) atoms. The van der Waals surface area contributed by atoms with Crippen LogP contribution in [0.15, 0.2) is 22.7 Å². The van der Waals surface area contributed by atoms with Crippen molar-refractivity contribution < 1.29 is 19.4 Å². The number of fused-ring (bicyclic) bond motifs is 1. The molecule has 0 saturated carbocycles. The van der Waals surface area contributed by atoms with Crippen LogP contribution in [0.4, 0.5) is 5.69 Å². The fourth-order valence-electron chi connectivity index (χ4n) is 1.57. The molecule has 1 aliphatic heterocycles. The first-order chi connectivity index (χ1) is 8.06. The van der Waals surface area contributed by atoms with E-state index in [0.717, 1.165) is 4.47 Å². The van der Waals surface area contributed by atoms with Gasteiger partial charge in [0, 0.05) is 17.3 Å². The molecule has 6 heteroatoms. The third-order valence-corrected chi connectivity index (χ3v) is 2.87. The number of halogens is 1. The topological polar surface area (TPSA) is 75.6 Å². The Morgan fingerprint density at radius 3 is 3.00 bits per heavy atom. The first-order valence-electron chi connectivity index (χ1n) is 5.05. The number of aliphatic carboxylic acids is 1. The van der Waals surface area contributed by atoms with Gasteiger partial charge in [0.15, 0.2) is 6.10 Å². The molecular formula is C11H10BrNO4. The number of carbonyl (C=O) groups excluding carboxylic acids is 1. The van der Waals surface area contributed by atoms with Crippen molar-refractivity contribution in [2.24, 2.45) is 0 Å². The number of nitrogens with one attached hydrogen (secondary N) is 1. The van der Waals surface area contributed by atoms with Gasteiger partial charge in [0.2, 0.25) is 0 Å². The van der Waals surface area contributed by atoms with Crippen molar-refractivity contribution in [2.45, 2.75) is 18.9 Å². The zero-order valence-electron chi connectivity index (χ0n) is 8.77. The molecule has 0 spiro atoms. The van der Waals surface area contributed by atoms with Crippen LogP contribution in [0, 0.1) is 0 Å². The van der Waals surface area contributed by atoms with Crippen LogP contribution in [0.25, 0.3) is 0 Å². The van der Waals surface area contributed by atoms with Gasteiger partial charge in [0.05, 0.1) is 5.69 Å². The zero-order valence-corrected chi connectivity index (χ0v) is 10.4. The van der Waals surface area contributed by atoms with Crippen LogP contribution in [-0.2, 0) is 9.59 Å². The van der Waals surface area contributed by atoms with E-state index in [2.05, 4.69) is 21.2 Å². The predicted molar refractivity (Wildman–Crippen MR) is 64.1 cm³/mol. The van der Waals surface area contributed by atoms with Gasteiger partial charge in [-0.15, -0.1) is 0 Å². The highest BCUT2D eigenvalue weighted by atomic mass is 79.9. The largest absolute Gasteiger partial charge is 0.481 e. The maximum Gasteiger partial charge on any atom is 0.303 e. The summed E-state index contributed by atoms with van der Waals surface area (Å²) in [4.78, 5) is 22.1. The van der Waals surface area contributed by atoms with Gasteiger partial charge in [0.1, 0.15) is 5.75 Å². The molecule has 1 aromatic carbocycles. The Morgan fingerprint density at radius 2 is 2.29 bits per heavy atom. The number of carbonyl (C=O) groups is 2. The van der Waals surface area contributed by atoms with Gasteiger partial charge >= 0.3 is 5.97 Å². The second-order valence-electron chi connectivity index (χ2n) is 3.67. The van der Waals surface area contributed by atoms with Gasteiger partial charge in [-0.3, -0.25) is 9.59 Å². The molecule has 0 fully saturated rings. The first kappa shape index (κ1) is 11.9. The summed E-state index contributed by atoms with van der Waals surface area (Å²) in [5.74, 6) is -0.692. The average Bonchev–Trinajstić information content (AvgIpc) is 2.26. The van der Waals surface area contributed by atoms with E-state index in [4.69, 9.17) is 9.84 Å². The van der Waals surface area contributed by atoms with Crippen molar-refractivity contribution in [1.82, 2.24) is 0 Å². The maximum atomic E-state index is 11.6. The van der Waals surface area contributed by atoms with Crippen molar-refractivity contribution in [3.63, 3.8) is 0 Å². The number of carboxylic acids is 1. The summed E-state index contributed by atoms with van der Waals surface area (Å²) in [5, 5.41) is 11.3. The minimum atomic E-state index is -0.942. The molecule has 90 valence electrons. The molecule has 2 rings (SSSR count). The molecule has 1 atom stereocenters. The Balaban J connectivity index is 2.13. The van der Waals surface area contributed by atoms with Crippen LogP contribution in [0.1, 0.15) is 12.8 Å². The fraction of sp³-hybridized carbons (Fsp3) is 0.273. The summed E-state index contributed by atoms with van der Waals surface area (Å²) in [5.41, 5.74) is 0.593. The van der Waals surface area contributed by atoms with Crippen LogP contribution < -0.4 is 10.1 Å². The Bertz CT molecular complexity index is 475. The van der Waals surface area contributed by atoms with Crippen molar-refractivity contribution in [1.29, 1.82) is 0 Å². The molecule has 1 amide bonds. The van der Waals surface area contributed by atoms with E-state index >= 15 is 0 Å². The lowest BCUT2D eigenvalue weighted by Crippen LogP contribution is -2.37. The van der Waals surface area contributed by atoms with Crippen LogP contribution >= 0.6 is 15.9 Å². The molecule has 1 aliphatic rings. The number of rotatable bonds is 3. The Kier molecular flexibility index (Phi) is 3.33. The van der Waals surface area contributed by atoms with Crippen LogP contribution in [0.2, 0.25) is 0 Å². The van der Waals surface area contributed by atoms with Crippen molar-refractivity contribution in [2.75, 3.05) is 5.32 Å². The van der Waals surface area contributed by atoms with Gasteiger partial charge in [-0.05, 0) is 18.2 Å². The molecule has 1 aromatic rings. The SMILES string of the molecule is O=C(O)CC[C@@H]1Oc2ccc(Br)cc2NC1=O. The molecule has 0 bridgehead atoms. The van der Waals surface area contributed by atoms with E-state index in [-0.39, 0.29) is 18.7 Å². The minimum absolute atomic E-state index is 0.0933. The maximum absolute atomic E-state index is 11.6. The highest BCUT2D eigenvalue weighted by molar-refractivity contribution is 9.10. The summed E-state index contributed by atoms with van der Waals surface area (Å²) in [6, 6.07) is 5.26. The molecule has 1 heterocycles. The Morgan fingerprint density at radius 1 is 1.53 bits per heavy atom. The van der Waals surface area contributed by atoms with Crippen LogP contribution in [0.5, 0.6) is 5.75 Å². The summed E-state index contributed by atoms with van der Waals surface area (Å²) in [6.45, 7) is 0. The molecule has 5 nitrogen and oxygen atoms in total. The summed E-state index contributed by atoms with van der Waals surface area (Å²) >= 11 is 3.29. The molecule has 2 N–H and O–H groups in total. The Hall–Kier alpha value is -1.56. The van der Waals surface area contributed by atoms with Gasteiger partial charge in [-0.25, -0.2) is 0 Å². The lowest BCUT2D eigenvalue weighted by atomic mass is 10.1. The van der Waals surface area contributed by atoms with Crippen LogP contribution in [0.3, 0.4) is 0 Å². The standard InChI is InChI=1S/C11H10BrNO4/c12-6-1-2-8-7(5-6)13-11(16)9(17-8)3-4-10(14)15/h1-2,5,9H,3-4H2,(H,13,16)(H,14,15)/t9-/m0/s1. The van der Waals surface area contributed by atoms with Crippen molar-refractivity contribution >= 4 is 33.5 Å². The summed E-state index contributed by atoms with van der Waals surface area (Å²) < 4.78 is 6.29. The number of ether oxygens (including phenoxy) is 1. The smallest absolute Gasteiger partial charge is 0.303 e. The lowest BCUT2D eigenvalue weighted by molar-refractivity contribution is -0.137. The summed E-state index contributed by atoms with van der Waals surface area (Å²) in [7, 11) is 0. The molecule has 0 radical (unpaired) electrons. The monoisotopic (exact) mass is 299 g/mol. The zero-order chi connectivity index (χ0) is 12.4. The highest BCUT2D eigenvalue weighted by Crippen LogP contribution is 2.32. The highest BCUT2D eigenvalue weighted by Gasteiger charge is 2.27. The number of carboxylic acid groups (broad SMARTS) is 1. The second-order valence-corrected chi connectivity index (χ2v) is 4.58. The number of hydrogen-bond donors (Lipinski definition) is 2. The van der Waals surface area contributed by atoms with Crippen LogP contribution in [-0.4, -0.2) is 23.1 Å². The minimum Gasteiger partial charge on any atom is -0.481 e. The number of amides is 1. The third-order valence-electron chi connectivity index (χ3n) is 2.38. The van der Waals surface area contributed by atoms with Crippen molar-refractivity contribution in [3.8, 4) is 5.75 Å². The van der Waals surface area contributed by atoms with Gasteiger partial charge in [-0.2, -0.15) is 0 Å². The van der Waals surface area contributed by atoms with E-state index in [0.29, 0.717) is 11.4 Å². The molecule has 0 aromatic heterocycles. The number of hydrogen-bond acceptors (Lipinski definition) is 3. The fourth-order valence-corrected chi connectivity index (χ4v) is 1.93. The quantitative estimate of drug-likeness (QED) is 0.895. The normalized spacial score (nSPS) is 17.9. The molecular weight excluding hydrogens is 290 g/mol. The van der Waals surface area contributed by atoms with Gasteiger partial charge in [0.25, 0.3) is 5.91 Å². The third kappa shape index (κ3) is 2.76. The molecule has 0 saturated heterocycles. The average molecular weight is 300 g/mol. The molecule has 0 aliphatic carbocycles. The van der Waals surface area contributed by atoms with E-state index < -0.39 is 12.1 Å². The summed E-state index contributed by atoms with van der Waals surface area (Å²) in [6.07, 6.45) is -0.666. The lowest BCUT2D eigenvalue weighted by Gasteiger charge is -2.25. The number of anilines is 1. The Labute approximate surface area is 106 Å². The second kappa shape index (κ2) is 4.75. The molecule has 0 unspecified atom stereocenters. The van der Waals surface area contributed by atoms with E-state index in [1.165, 1.54) is 0 Å². The number of benzene rings is 1. The van der Waals surface area contributed by atoms with E-state index in [1.54, 1.807) is 18.2 Å². The van der Waals surface area contributed by atoms with Crippen molar-refractivity contribution in [3.05, 3.63) is 22.7 Å². The van der Waals surface area contributed by atoms with Gasteiger partial charge in [-0.1, -0.05) is 15.9 Å². The first-order valence-corrected chi connectivity index (χ1v) is 5.84. The predicted octanol–water partition coefficient (Wildman–Crippen LogP) is 2.01. The van der Waals surface area contributed by atoms with Gasteiger partial charge < -0.3 is 15.2 Å². The van der Waals surface area contributed by atoms with E-state index in [1.807, 2.05) is 0 Å². The van der Waals surface area contributed by atoms with E-state index in [9.17, 15) is 9.59 Å².